The molecular weight excluding hydrogens is 435 g/mol. The lowest BCUT2D eigenvalue weighted by molar-refractivity contribution is -0.890. The fourth-order valence-electron chi connectivity index (χ4n) is 4.65. The quantitative estimate of drug-likeness (QED) is 0.150. The normalized spacial score (nSPS) is 11.8. The Labute approximate surface area is 217 Å². The van der Waals surface area contributed by atoms with E-state index in [1.54, 1.807) is 0 Å². The molecular formula is C28H62Cl2N2. The maximum atomic E-state index is 2.44. The first-order valence-corrected chi connectivity index (χ1v) is 14.0. The summed E-state index contributed by atoms with van der Waals surface area (Å²) in [6, 6.07) is 0. The Morgan fingerprint density at radius 3 is 0.719 bits per heavy atom. The molecule has 0 heterocycles. The van der Waals surface area contributed by atoms with Gasteiger partial charge < -0.3 is 33.8 Å². The molecule has 0 saturated carbocycles. The van der Waals surface area contributed by atoms with Gasteiger partial charge in [-0.1, -0.05) is 78.1 Å². The van der Waals surface area contributed by atoms with Gasteiger partial charge >= 0.3 is 0 Å². The van der Waals surface area contributed by atoms with Crippen molar-refractivity contribution >= 4 is 0 Å². The summed E-state index contributed by atoms with van der Waals surface area (Å²) < 4.78 is 2.47. The van der Waals surface area contributed by atoms with E-state index in [2.05, 4.69) is 42.0 Å². The number of hydrogen-bond donors (Lipinski definition) is 0. The van der Waals surface area contributed by atoms with Gasteiger partial charge in [0.05, 0.1) is 54.4 Å². The average Bonchev–Trinajstić information content (AvgIpc) is 2.69. The minimum atomic E-state index is 0. The topological polar surface area (TPSA) is 0 Å². The maximum Gasteiger partial charge on any atom is 0.0782 e. The van der Waals surface area contributed by atoms with Crippen LogP contribution in [-0.2, 0) is 0 Å². The van der Waals surface area contributed by atoms with Gasteiger partial charge in [0.2, 0.25) is 0 Å². The van der Waals surface area contributed by atoms with Gasteiger partial charge in [-0.25, -0.2) is 0 Å². The van der Waals surface area contributed by atoms with Crippen LogP contribution in [0, 0.1) is 0 Å². The van der Waals surface area contributed by atoms with Crippen molar-refractivity contribution < 1.29 is 33.8 Å². The highest BCUT2D eigenvalue weighted by atomic mass is 35.5. The summed E-state index contributed by atoms with van der Waals surface area (Å²) in [7, 11) is 9.76. The Bertz CT molecular complexity index is 325. The van der Waals surface area contributed by atoms with Crippen molar-refractivity contribution in [2.24, 2.45) is 0 Å². The zero-order chi connectivity index (χ0) is 22.6. The van der Waals surface area contributed by atoms with Crippen LogP contribution in [0.25, 0.3) is 0 Å². The van der Waals surface area contributed by atoms with Crippen LogP contribution in [0.3, 0.4) is 0 Å². The molecule has 198 valence electrons. The number of rotatable bonds is 23. The number of halogens is 2. The van der Waals surface area contributed by atoms with Crippen molar-refractivity contribution in [2.75, 3.05) is 54.4 Å². The molecule has 4 heteroatoms. The lowest BCUT2D eigenvalue weighted by Crippen LogP contribution is -3.00. The molecule has 0 fully saturated rings. The van der Waals surface area contributed by atoms with Crippen LogP contribution in [0.4, 0.5) is 0 Å². The molecule has 0 atom stereocenters. The van der Waals surface area contributed by atoms with E-state index in [9.17, 15) is 0 Å². The molecule has 0 rings (SSSR count). The van der Waals surface area contributed by atoms with Gasteiger partial charge in [-0.2, -0.15) is 0 Å². The highest BCUT2D eigenvalue weighted by Gasteiger charge is 2.15. The molecule has 0 unspecified atom stereocenters. The molecule has 0 aromatic carbocycles. The summed E-state index contributed by atoms with van der Waals surface area (Å²) in [5.74, 6) is 0. The first-order chi connectivity index (χ1) is 14.3. The van der Waals surface area contributed by atoms with Crippen molar-refractivity contribution in [1.82, 2.24) is 0 Å². The molecule has 0 bridgehead atoms. The molecule has 0 amide bonds. The van der Waals surface area contributed by atoms with E-state index in [-0.39, 0.29) is 24.8 Å². The van der Waals surface area contributed by atoms with Crippen LogP contribution in [0.1, 0.15) is 129 Å². The number of unbranched alkanes of at least 4 members (excludes halogenated alkanes) is 15. The lowest BCUT2D eigenvalue weighted by atomic mass is 10.1. The van der Waals surface area contributed by atoms with Gasteiger partial charge in [0, 0.05) is 0 Å². The van der Waals surface area contributed by atoms with Gasteiger partial charge in [0.15, 0.2) is 0 Å². The minimum absolute atomic E-state index is 0. The summed E-state index contributed by atoms with van der Waals surface area (Å²) in [5, 5.41) is 0. The molecule has 0 aliphatic rings. The number of nitrogens with zero attached hydrogens (tertiary/aromatic N) is 2. The Kier molecular flexibility index (Phi) is 28.5. The molecule has 0 spiro atoms. The van der Waals surface area contributed by atoms with Crippen molar-refractivity contribution in [3.05, 3.63) is 0 Å². The van der Waals surface area contributed by atoms with Gasteiger partial charge in [-0.05, 0) is 51.4 Å². The van der Waals surface area contributed by atoms with Crippen LogP contribution < -0.4 is 24.8 Å². The first-order valence-electron chi connectivity index (χ1n) is 14.0. The molecule has 0 aliphatic heterocycles. The summed E-state index contributed by atoms with van der Waals surface area (Å²) in [6.07, 6.45) is 25.7. The summed E-state index contributed by atoms with van der Waals surface area (Å²) in [6.45, 7) is 10.1. The zero-order valence-corrected chi connectivity index (χ0v) is 24.7. The Morgan fingerprint density at radius 1 is 0.312 bits per heavy atom. The second-order valence-electron chi connectivity index (χ2n) is 11.4. The van der Waals surface area contributed by atoms with Crippen LogP contribution in [0.5, 0.6) is 0 Å². The van der Waals surface area contributed by atoms with Crippen LogP contribution in [0.2, 0.25) is 0 Å². The zero-order valence-electron chi connectivity index (χ0n) is 23.2. The Morgan fingerprint density at radius 2 is 0.500 bits per heavy atom. The maximum absolute atomic E-state index is 2.44. The third-order valence-corrected chi connectivity index (χ3v) is 7.01. The average molecular weight is 498 g/mol. The van der Waals surface area contributed by atoms with E-state index in [0.29, 0.717) is 0 Å². The monoisotopic (exact) mass is 496 g/mol. The number of quaternary nitrogens is 2. The van der Waals surface area contributed by atoms with E-state index >= 15 is 0 Å². The summed E-state index contributed by atoms with van der Waals surface area (Å²) in [5.41, 5.74) is 0. The smallest absolute Gasteiger partial charge is 0.0782 e. The molecule has 32 heavy (non-hydrogen) atoms. The largest absolute Gasteiger partial charge is 1.00 e. The van der Waals surface area contributed by atoms with Gasteiger partial charge in [0.25, 0.3) is 0 Å². The second kappa shape index (κ2) is 24.6. The fraction of sp³-hybridized carbons (Fsp3) is 1.00. The SMILES string of the molecule is CCCCCCCC[N+](C)(C)CCCCCCCC[N+](C)(C)CCCCCCCC.[Cl-].[Cl-]. The van der Waals surface area contributed by atoms with Crippen molar-refractivity contribution in [2.45, 2.75) is 129 Å². The van der Waals surface area contributed by atoms with E-state index < -0.39 is 0 Å². The highest BCUT2D eigenvalue weighted by molar-refractivity contribution is 4.49. The van der Waals surface area contributed by atoms with Gasteiger partial charge in [-0.3, -0.25) is 0 Å². The van der Waals surface area contributed by atoms with Crippen LogP contribution >= 0.6 is 0 Å². The highest BCUT2D eigenvalue weighted by Crippen LogP contribution is 2.13. The molecule has 0 saturated heterocycles. The van der Waals surface area contributed by atoms with E-state index in [1.807, 2.05) is 0 Å². The standard InChI is InChI=1S/C28H62N2.2ClH/c1-7-9-11-13-17-21-25-29(3,4)27-23-19-15-16-20-24-28-30(5,6)26-22-18-14-12-10-8-2;;/h7-28H2,1-6H3;2*1H/q+2;;/p-2. The van der Waals surface area contributed by atoms with Crippen LogP contribution in [-0.4, -0.2) is 63.3 Å². The van der Waals surface area contributed by atoms with E-state index in [0.717, 1.165) is 0 Å². The third-order valence-electron chi connectivity index (χ3n) is 7.01. The molecule has 0 aliphatic carbocycles. The Hall–Kier alpha value is 0.500. The van der Waals surface area contributed by atoms with Gasteiger partial charge in [-0.15, -0.1) is 0 Å². The van der Waals surface area contributed by atoms with E-state index in [4.69, 9.17) is 0 Å². The van der Waals surface area contributed by atoms with Crippen molar-refractivity contribution in [3.8, 4) is 0 Å². The molecule has 0 aromatic heterocycles. The molecule has 0 radical (unpaired) electrons. The third kappa shape index (κ3) is 26.7. The second-order valence-corrected chi connectivity index (χ2v) is 11.4. The number of hydrogen-bond acceptors (Lipinski definition) is 0. The van der Waals surface area contributed by atoms with Crippen molar-refractivity contribution in [3.63, 3.8) is 0 Å². The predicted molar refractivity (Wildman–Crippen MR) is 138 cm³/mol. The van der Waals surface area contributed by atoms with Crippen LogP contribution in [0.15, 0.2) is 0 Å². The molecule has 2 nitrogen and oxygen atoms in total. The Balaban J connectivity index is -0.00000420. The minimum Gasteiger partial charge on any atom is -1.00 e. The summed E-state index contributed by atoms with van der Waals surface area (Å²) >= 11 is 0. The predicted octanol–water partition coefficient (Wildman–Crippen LogP) is 2.21. The first kappa shape index (κ1) is 37.1. The lowest BCUT2D eigenvalue weighted by Gasteiger charge is -2.30. The summed E-state index contributed by atoms with van der Waals surface area (Å²) in [4.78, 5) is 0. The fourth-order valence-corrected chi connectivity index (χ4v) is 4.65. The van der Waals surface area contributed by atoms with E-state index in [1.165, 1.54) is 151 Å². The molecule has 0 N–H and O–H groups in total. The molecule has 0 aromatic rings. The van der Waals surface area contributed by atoms with Gasteiger partial charge in [0.1, 0.15) is 0 Å². The van der Waals surface area contributed by atoms with Crippen molar-refractivity contribution in [1.29, 1.82) is 0 Å².